The molecule has 0 spiro atoms. The molecule has 0 aromatic carbocycles. The Balaban J connectivity index is 3.12. The highest BCUT2D eigenvalue weighted by Gasteiger charge is 2.35. The van der Waals surface area contributed by atoms with Gasteiger partial charge in [0, 0.05) is 19.7 Å². The Bertz CT molecular complexity index is 405. The van der Waals surface area contributed by atoms with Gasteiger partial charge in [0.2, 0.25) is 5.82 Å². The Labute approximate surface area is 103 Å². The number of nitrogens with zero attached hydrogens (tertiary/aromatic N) is 3. The van der Waals surface area contributed by atoms with E-state index in [1.165, 1.54) is 6.07 Å². The zero-order valence-corrected chi connectivity index (χ0v) is 10.4. The largest absolute Gasteiger partial charge is 0.451 e. The molecule has 18 heavy (non-hydrogen) atoms. The van der Waals surface area contributed by atoms with E-state index in [0.717, 1.165) is 0 Å². The average Bonchev–Trinajstić information content (AvgIpc) is 2.26. The van der Waals surface area contributed by atoms with Crippen molar-refractivity contribution in [2.75, 3.05) is 23.9 Å². The molecule has 3 N–H and O–H groups in total. The highest BCUT2D eigenvalue weighted by molar-refractivity contribution is 5.48. The maximum Gasteiger partial charge on any atom is 0.451 e. The maximum atomic E-state index is 12.6. The standard InChI is InChI=1S/C10H16F3N5/c1-6(2)5-18(3)8-4-7(17-14)15-9(16-8)10(11,12)13/h4,6H,5,14H2,1-3H3,(H,15,16,17). The Morgan fingerprint density at radius 1 is 1.39 bits per heavy atom. The number of rotatable bonds is 4. The van der Waals surface area contributed by atoms with Crippen LogP contribution in [0.15, 0.2) is 6.07 Å². The van der Waals surface area contributed by atoms with Crippen LogP contribution in [0.3, 0.4) is 0 Å². The molecular weight excluding hydrogens is 247 g/mol. The predicted octanol–water partition coefficient (Wildman–Crippen LogP) is 1.87. The van der Waals surface area contributed by atoms with Crippen molar-refractivity contribution >= 4 is 11.6 Å². The summed E-state index contributed by atoms with van der Waals surface area (Å²) < 4.78 is 37.8. The second-order valence-electron chi connectivity index (χ2n) is 4.35. The molecule has 1 heterocycles. The predicted molar refractivity (Wildman–Crippen MR) is 63.0 cm³/mol. The SMILES string of the molecule is CC(C)CN(C)c1cc(NN)nc(C(F)(F)F)n1. The van der Waals surface area contributed by atoms with E-state index in [0.29, 0.717) is 12.5 Å². The lowest BCUT2D eigenvalue weighted by Crippen LogP contribution is -2.26. The smallest absolute Gasteiger partial charge is 0.359 e. The zero-order chi connectivity index (χ0) is 13.9. The van der Waals surface area contributed by atoms with Gasteiger partial charge in [-0.1, -0.05) is 13.8 Å². The minimum absolute atomic E-state index is 0.0667. The highest BCUT2D eigenvalue weighted by atomic mass is 19.4. The fraction of sp³-hybridized carbons (Fsp3) is 0.600. The third-order valence-corrected chi connectivity index (χ3v) is 2.14. The molecule has 0 unspecified atom stereocenters. The van der Waals surface area contributed by atoms with Gasteiger partial charge in [-0.25, -0.2) is 15.8 Å². The van der Waals surface area contributed by atoms with Crippen LogP contribution in [0.4, 0.5) is 24.8 Å². The van der Waals surface area contributed by atoms with Gasteiger partial charge in [0.15, 0.2) is 0 Å². The van der Waals surface area contributed by atoms with Crippen molar-refractivity contribution in [2.45, 2.75) is 20.0 Å². The minimum Gasteiger partial charge on any atom is -0.359 e. The molecule has 0 saturated carbocycles. The second kappa shape index (κ2) is 5.38. The molecule has 8 heteroatoms. The molecule has 1 aromatic heterocycles. The number of aromatic nitrogens is 2. The third kappa shape index (κ3) is 3.73. The van der Waals surface area contributed by atoms with Gasteiger partial charge in [0.05, 0.1) is 0 Å². The van der Waals surface area contributed by atoms with Crippen LogP contribution in [0.5, 0.6) is 0 Å². The Morgan fingerprint density at radius 2 is 2.00 bits per heavy atom. The van der Waals surface area contributed by atoms with Gasteiger partial charge < -0.3 is 10.3 Å². The molecule has 0 radical (unpaired) electrons. The van der Waals surface area contributed by atoms with Crippen LogP contribution in [-0.2, 0) is 6.18 Å². The molecule has 0 atom stereocenters. The highest BCUT2D eigenvalue weighted by Crippen LogP contribution is 2.28. The number of nitrogen functional groups attached to an aromatic ring is 1. The van der Waals surface area contributed by atoms with Crippen molar-refractivity contribution in [3.63, 3.8) is 0 Å². The van der Waals surface area contributed by atoms with E-state index in [-0.39, 0.29) is 11.6 Å². The fourth-order valence-electron chi connectivity index (χ4n) is 1.47. The fourth-order valence-corrected chi connectivity index (χ4v) is 1.47. The van der Waals surface area contributed by atoms with Crippen molar-refractivity contribution in [3.05, 3.63) is 11.9 Å². The van der Waals surface area contributed by atoms with E-state index in [2.05, 4.69) is 15.4 Å². The van der Waals surface area contributed by atoms with E-state index in [4.69, 9.17) is 5.84 Å². The molecule has 0 aliphatic carbocycles. The summed E-state index contributed by atoms with van der Waals surface area (Å²) in [6.45, 7) is 4.51. The first-order valence-corrected chi connectivity index (χ1v) is 5.38. The molecule has 1 rings (SSSR count). The average molecular weight is 263 g/mol. The second-order valence-corrected chi connectivity index (χ2v) is 4.35. The van der Waals surface area contributed by atoms with Crippen molar-refractivity contribution in [1.82, 2.24) is 9.97 Å². The summed E-state index contributed by atoms with van der Waals surface area (Å²) in [5, 5.41) is 0. The van der Waals surface area contributed by atoms with Crippen molar-refractivity contribution in [1.29, 1.82) is 0 Å². The summed E-state index contributed by atoms with van der Waals surface area (Å²) in [6.07, 6.45) is -4.60. The van der Waals surface area contributed by atoms with Crippen LogP contribution < -0.4 is 16.2 Å². The van der Waals surface area contributed by atoms with Crippen LogP contribution in [0, 0.1) is 5.92 Å². The van der Waals surface area contributed by atoms with Gasteiger partial charge >= 0.3 is 6.18 Å². The van der Waals surface area contributed by atoms with Gasteiger partial charge in [0.1, 0.15) is 11.6 Å². The lowest BCUT2D eigenvalue weighted by Gasteiger charge is -2.21. The molecule has 0 fully saturated rings. The molecular formula is C10H16F3N5. The Kier molecular flexibility index (Phi) is 4.33. The van der Waals surface area contributed by atoms with Crippen LogP contribution in [0.1, 0.15) is 19.7 Å². The van der Waals surface area contributed by atoms with E-state index in [1.807, 2.05) is 13.8 Å². The quantitative estimate of drug-likeness (QED) is 0.641. The van der Waals surface area contributed by atoms with Crippen molar-refractivity contribution in [2.24, 2.45) is 11.8 Å². The van der Waals surface area contributed by atoms with E-state index in [1.54, 1.807) is 11.9 Å². The molecule has 0 saturated heterocycles. The first-order chi connectivity index (χ1) is 8.24. The van der Waals surface area contributed by atoms with Gasteiger partial charge in [-0.3, -0.25) is 0 Å². The number of nitrogens with one attached hydrogen (secondary N) is 1. The lowest BCUT2D eigenvalue weighted by atomic mass is 10.2. The number of nitrogens with two attached hydrogens (primary N) is 1. The number of halogens is 3. The van der Waals surface area contributed by atoms with Crippen molar-refractivity contribution in [3.8, 4) is 0 Å². The van der Waals surface area contributed by atoms with E-state index in [9.17, 15) is 13.2 Å². The number of anilines is 2. The topological polar surface area (TPSA) is 67.1 Å². The first kappa shape index (κ1) is 14.5. The maximum absolute atomic E-state index is 12.6. The molecule has 0 bridgehead atoms. The van der Waals surface area contributed by atoms with Gasteiger partial charge in [0.25, 0.3) is 0 Å². The van der Waals surface area contributed by atoms with Crippen LogP contribution in [0.25, 0.3) is 0 Å². The monoisotopic (exact) mass is 263 g/mol. The Hall–Kier alpha value is -1.57. The van der Waals surface area contributed by atoms with Gasteiger partial charge in [-0.15, -0.1) is 0 Å². The number of hydrazine groups is 1. The summed E-state index contributed by atoms with van der Waals surface area (Å²) in [7, 11) is 1.67. The minimum atomic E-state index is -4.60. The summed E-state index contributed by atoms with van der Waals surface area (Å²) in [5.74, 6) is 4.31. The number of alkyl halides is 3. The van der Waals surface area contributed by atoms with E-state index < -0.39 is 12.0 Å². The summed E-state index contributed by atoms with van der Waals surface area (Å²) in [4.78, 5) is 8.41. The summed E-state index contributed by atoms with van der Waals surface area (Å²) >= 11 is 0. The zero-order valence-electron chi connectivity index (χ0n) is 10.4. The normalized spacial score (nSPS) is 11.8. The summed E-state index contributed by atoms with van der Waals surface area (Å²) in [6, 6.07) is 1.37. The van der Waals surface area contributed by atoms with Crippen LogP contribution in [0.2, 0.25) is 0 Å². The molecule has 0 aliphatic rings. The number of hydrogen-bond donors (Lipinski definition) is 2. The van der Waals surface area contributed by atoms with Crippen molar-refractivity contribution < 1.29 is 13.2 Å². The third-order valence-electron chi connectivity index (χ3n) is 2.14. The first-order valence-electron chi connectivity index (χ1n) is 5.38. The number of hydrogen-bond acceptors (Lipinski definition) is 5. The molecule has 5 nitrogen and oxygen atoms in total. The van der Waals surface area contributed by atoms with Crippen LogP contribution in [-0.4, -0.2) is 23.6 Å². The molecule has 1 aromatic rings. The van der Waals surface area contributed by atoms with Gasteiger partial charge in [-0.2, -0.15) is 13.2 Å². The lowest BCUT2D eigenvalue weighted by molar-refractivity contribution is -0.144. The van der Waals surface area contributed by atoms with Crippen LogP contribution >= 0.6 is 0 Å². The molecule has 102 valence electrons. The van der Waals surface area contributed by atoms with E-state index >= 15 is 0 Å². The Morgan fingerprint density at radius 3 is 2.44 bits per heavy atom. The summed E-state index contributed by atoms with van der Waals surface area (Å²) in [5.41, 5.74) is 2.11. The van der Waals surface area contributed by atoms with Gasteiger partial charge in [-0.05, 0) is 5.92 Å². The molecule has 0 amide bonds. The molecule has 0 aliphatic heterocycles.